The van der Waals surface area contributed by atoms with Crippen LogP contribution in [0.2, 0.25) is 0 Å². The molecule has 2 aromatic heterocycles. The monoisotopic (exact) mass is 430 g/mol. The van der Waals surface area contributed by atoms with Crippen LogP contribution in [0.1, 0.15) is 48.7 Å². The highest BCUT2D eigenvalue weighted by Crippen LogP contribution is 2.24. The van der Waals surface area contributed by atoms with Crippen LogP contribution in [0, 0.1) is 0 Å². The lowest BCUT2D eigenvalue weighted by Crippen LogP contribution is -2.35. The van der Waals surface area contributed by atoms with Gasteiger partial charge in [-0.15, -0.1) is 0 Å². The van der Waals surface area contributed by atoms with Crippen molar-refractivity contribution in [1.82, 2.24) is 19.8 Å². The van der Waals surface area contributed by atoms with Crippen LogP contribution in [0.15, 0.2) is 56.5 Å². The zero-order chi connectivity index (χ0) is 21.1. The van der Waals surface area contributed by atoms with Gasteiger partial charge in [-0.2, -0.15) is 9.29 Å². The largest absolute Gasteiger partial charge is 0.459 e. The summed E-state index contributed by atoms with van der Waals surface area (Å²) in [6, 6.07) is 9.06. The molecule has 1 aliphatic rings. The Kier molecular flexibility index (Phi) is 5.69. The Morgan fingerprint density at radius 3 is 2.53 bits per heavy atom. The number of piperidine rings is 1. The van der Waals surface area contributed by atoms with E-state index in [0.29, 0.717) is 24.5 Å². The molecule has 0 saturated carbocycles. The minimum atomic E-state index is -3.49. The molecule has 0 unspecified atom stereocenters. The average molecular weight is 430 g/mol. The van der Waals surface area contributed by atoms with Crippen molar-refractivity contribution < 1.29 is 22.2 Å². The molecule has 158 valence electrons. The van der Waals surface area contributed by atoms with Gasteiger partial charge in [-0.3, -0.25) is 4.79 Å². The number of hydrogen-bond acceptors (Lipinski definition) is 7. The van der Waals surface area contributed by atoms with Crippen molar-refractivity contribution in [2.24, 2.45) is 0 Å². The second-order valence-corrected chi connectivity index (χ2v) is 9.06. The maximum Gasteiger partial charge on any atom is 0.287 e. The Balaban J connectivity index is 1.46. The van der Waals surface area contributed by atoms with Gasteiger partial charge in [-0.1, -0.05) is 11.6 Å². The number of amides is 1. The van der Waals surface area contributed by atoms with E-state index in [4.69, 9.17) is 8.94 Å². The van der Waals surface area contributed by atoms with Crippen molar-refractivity contribution in [2.75, 3.05) is 13.1 Å². The van der Waals surface area contributed by atoms with Gasteiger partial charge >= 0.3 is 0 Å². The third kappa shape index (κ3) is 4.14. The molecule has 10 heteroatoms. The molecule has 30 heavy (non-hydrogen) atoms. The summed E-state index contributed by atoms with van der Waals surface area (Å²) in [4.78, 5) is 16.6. The van der Waals surface area contributed by atoms with E-state index in [0.717, 1.165) is 19.3 Å². The summed E-state index contributed by atoms with van der Waals surface area (Å²) in [6.07, 6.45) is 4.25. The second-order valence-electron chi connectivity index (χ2n) is 7.12. The fourth-order valence-corrected chi connectivity index (χ4v) is 4.81. The van der Waals surface area contributed by atoms with Crippen molar-refractivity contribution in [3.63, 3.8) is 0 Å². The van der Waals surface area contributed by atoms with E-state index in [2.05, 4.69) is 15.5 Å². The summed E-state index contributed by atoms with van der Waals surface area (Å²) >= 11 is 0. The summed E-state index contributed by atoms with van der Waals surface area (Å²) in [5.74, 6) is 0.340. The highest BCUT2D eigenvalue weighted by Gasteiger charge is 2.26. The molecule has 0 aliphatic carbocycles. The molecular weight excluding hydrogens is 408 g/mol. The Hall–Kier alpha value is -2.98. The SMILES string of the molecule is C[C@H](NC(=O)c1ccco1)c1nc(-c2ccc(S(=O)(=O)N3CCCCC3)cc2)no1. The van der Waals surface area contributed by atoms with Gasteiger partial charge in [0.15, 0.2) is 5.76 Å². The zero-order valence-corrected chi connectivity index (χ0v) is 17.3. The summed E-state index contributed by atoms with van der Waals surface area (Å²) in [5.41, 5.74) is 0.618. The van der Waals surface area contributed by atoms with Crippen LogP contribution in [0.3, 0.4) is 0 Å². The molecular formula is C20H22N4O5S. The van der Waals surface area contributed by atoms with Crippen molar-refractivity contribution in [3.8, 4) is 11.4 Å². The van der Waals surface area contributed by atoms with Gasteiger partial charge in [0.2, 0.25) is 21.7 Å². The zero-order valence-electron chi connectivity index (χ0n) is 16.4. The van der Waals surface area contributed by atoms with E-state index < -0.39 is 16.1 Å². The van der Waals surface area contributed by atoms with Crippen molar-refractivity contribution in [3.05, 3.63) is 54.3 Å². The van der Waals surface area contributed by atoms with E-state index in [1.54, 1.807) is 43.3 Å². The molecule has 1 aromatic carbocycles. The van der Waals surface area contributed by atoms with Crippen LogP contribution in [-0.4, -0.2) is 41.9 Å². The molecule has 1 amide bonds. The Bertz CT molecular complexity index is 1100. The molecule has 0 bridgehead atoms. The number of aromatic nitrogens is 2. The third-order valence-corrected chi connectivity index (χ3v) is 6.88. The van der Waals surface area contributed by atoms with Crippen LogP contribution < -0.4 is 5.32 Å². The molecule has 0 spiro atoms. The van der Waals surface area contributed by atoms with Crippen LogP contribution >= 0.6 is 0 Å². The molecule has 3 aromatic rings. The van der Waals surface area contributed by atoms with Gasteiger partial charge in [0.05, 0.1) is 11.2 Å². The predicted molar refractivity (Wildman–Crippen MR) is 107 cm³/mol. The smallest absolute Gasteiger partial charge is 0.287 e. The summed E-state index contributed by atoms with van der Waals surface area (Å²) < 4.78 is 37.4. The standard InChI is InChI=1S/C20H22N4O5S/c1-14(21-19(25)17-6-5-13-28-17)20-22-18(23-29-20)15-7-9-16(10-8-15)30(26,27)24-11-3-2-4-12-24/h5-10,13-14H,2-4,11-12H2,1H3,(H,21,25)/t14-/m0/s1. The number of furan rings is 1. The fourth-order valence-electron chi connectivity index (χ4n) is 3.30. The quantitative estimate of drug-likeness (QED) is 0.638. The molecule has 1 fully saturated rings. The number of hydrogen-bond donors (Lipinski definition) is 1. The van der Waals surface area contributed by atoms with E-state index in [1.165, 1.54) is 10.6 Å². The van der Waals surface area contributed by atoms with E-state index >= 15 is 0 Å². The first-order valence-corrected chi connectivity index (χ1v) is 11.2. The minimum Gasteiger partial charge on any atom is -0.459 e. The van der Waals surface area contributed by atoms with Gasteiger partial charge < -0.3 is 14.3 Å². The van der Waals surface area contributed by atoms with E-state index in [9.17, 15) is 13.2 Å². The molecule has 3 heterocycles. The van der Waals surface area contributed by atoms with Crippen molar-refractivity contribution in [1.29, 1.82) is 0 Å². The molecule has 1 N–H and O–H groups in total. The number of nitrogens with one attached hydrogen (secondary N) is 1. The fraction of sp³-hybridized carbons (Fsp3) is 0.350. The Labute approximate surface area is 174 Å². The van der Waals surface area contributed by atoms with Crippen molar-refractivity contribution in [2.45, 2.75) is 37.1 Å². The summed E-state index contributed by atoms with van der Waals surface area (Å²) in [7, 11) is -3.49. The van der Waals surface area contributed by atoms with Crippen LogP contribution in [0.25, 0.3) is 11.4 Å². The van der Waals surface area contributed by atoms with E-state index in [1.807, 2.05) is 0 Å². The lowest BCUT2D eigenvalue weighted by Gasteiger charge is -2.25. The average Bonchev–Trinajstić information content (AvgIpc) is 3.47. The number of benzene rings is 1. The number of rotatable bonds is 6. The first kappa shape index (κ1) is 20.3. The maximum atomic E-state index is 12.8. The molecule has 9 nitrogen and oxygen atoms in total. The first-order valence-electron chi connectivity index (χ1n) is 9.74. The van der Waals surface area contributed by atoms with Crippen LogP contribution in [-0.2, 0) is 10.0 Å². The minimum absolute atomic E-state index is 0.187. The molecule has 1 saturated heterocycles. The lowest BCUT2D eigenvalue weighted by atomic mass is 10.2. The molecule has 0 radical (unpaired) electrons. The highest BCUT2D eigenvalue weighted by molar-refractivity contribution is 7.89. The summed E-state index contributed by atoms with van der Waals surface area (Å²) in [5, 5.41) is 6.65. The van der Waals surface area contributed by atoms with Gasteiger partial charge in [0, 0.05) is 18.7 Å². The lowest BCUT2D eigenvalue weighted by molar-refractivity contribution is 0.0904. The van der Waals surface area contributed by atoms with E-state index in [-0.39, 0.29) is 22.5 Å². The van der Waals surface area contributed by atoms with Gasteiger partial charge in [0.1, 0.15) is 6.04 Å². The maximum absolute atomic E-state index is 12.8. The first-order chi connectivity index (χ1) is 14.4. The van der Waals surface area contributed by atoms with Gasteiger partial charge in [-0.05, 0) is 56.2 Å². The number of carbonyl (C=O) groups is 1. The second kappa shape index (κ2) is 8.41. The number of carbonyl (C=O) groups excluding carboxylic acids is 1. The molecule has 1 aliphatic heterocycles. The number of nitrogens with zero attached hydrogens (tertiary/aromatic N) is 3. The van der Waals surface area contributed by atoms with Gasteiger partial charge in [0.25, 0.3) is 5.91 Å². The normalized spacial score (nSPS) is 16.3. The van der Waals surface area contributed by atoms with Crippen LogP contribution in [0.4, 0.5) is 0 Å². The molecule has 4 rings (SSSR count). The topological polar surface area (TPSA) is 119 Å². The van der Waals surface area contributed by atoms with Crippen LogP contribution in [0.5, 0.6) is 0 Å². The third-order valence-electron chi connectivity index (χ3n) is 4.97. The Morgan fingerprint density at radius 2 is 1.87 bits per heavy atom. The number of sulfonamides is 1. The van der Waals surface area contributed by atoms with Gasteiger partial charge in [-0.25, -0.2) is 8.42 Å². The molecule has 1 atom stereocenters. The highest BCUT2D eigenvalue weighted by atomic mass is 32.2. The van der Waals surface area contributed by atoms with Crippen molar-refractivity contribution >= 4 is 15.9 Å². The summed E-state index contributed by atoms with van der Waals surface area (Å²) in [6.45, 7) is 2.83. The Morgan fingerprint density at radius 1 is 1.13 bits per heavy atom. The predicted octanol–water partition coefficient (Wildman–Crippen LogP) is 3.00.